The van der Waals surface area contributed by atoms with E-state index in [4.69, 9.17) is 9.47 Å². The minimum absolute atomic E-state index is 0.0276. The zero-order valence-corrected chi connectivity index (χ0v) is 13.5. The largest absolute Gasteiger partial charge is 0.444 e. The van der Waals surface area contributed by atoms with Crippen LogP contribution in [0.5, 0.6) is 0 Å². The van der Waals surface area contributed by atoms with Crippen LogP contribution in [-0.4, -0.2) is 58.5 Å². The molecule has 0 aliphatic carbocycles. The van der Waals surface area contributed by atoms with Crippen molar-refractivity contribution >= 4 is 17.6 Å². The normalized spacial score (nSPS) is 19.6. The van der Waals surface area contributed by atoms with Crippen molar-refractivity contribution in [3.05, 3.63) is 11.1 Å². The quantitative estimate of drug-likeness (QED) is 0.902. The highest BCUT2D eigenvalue weighted by molar-refractivity contribution is 7.03. The van der Waals surface area contributed by atoms with Crippen LogP contribution in [0.1, 0.15) is 26.5 Å². The molecular formula is C13H22N4O3S. The van der Waals surface area contributed by atoms with Gasteiger partial charge in [0.15, 0.2) is 0 Å². The predicted octanol–water partition coefficient (Wildman–Crippen LogP) is 1.26. The van der Waals surface area contributed by atoms with Gasteiger partial charge in [0.25, 0.3) is 0 Å². The molecule has 21 heavy (non-hydrogen) atoms. The van der Waals surface area contributed by atoms with Gasteiger partial charge in [-0.1, -0.05) is 4.49 Å². The number of rotatable bonds is 4. The average Bonchev–Trinajstić information content (AvgIpc) is 2.90. The average molecular weight is 314 g/mol. The molecule has 1 saturated heterocycles. The number of carbonyl (C=O) groups excluding carboxylic acids is 1. The van der Waals surface area contributed by atoms with Gasteiger partial charge in [0.05, 0.1) is 24.9 Å². The van der Waals surface area contributed by atoms with Crippen molar-refractivity contribution in [2.75, 3.05) is 26.3 Å². The topological polar surface area (TPSA) is 76.6 Å². The maximum Gasteiger partial charge on any atom is 0.410 e. The Labute approximate surface area is 128 Å². The van der Waals surface area contributed by atoms with Crippen molar-refractivity contribution in [2.45, 2.75) is 39.0 Å². The van der Waals surface area contributed by atoms with Crippen LogP contribution in [0.2, 0.25) is 0 Å². The lowest BCUT2D eigenvalue weighted by Crippen LogP contribution is -2.54. The molecule has 2 heterocycles. The summed E-state index contributed by atoms with van der Waals surface area (Å²) in [6.45, 7) is 8.49. The van der Waals surface area contributed by atoms with Crippen molar-refractivity contribution in [1.29, 1.82) is 0 Å². The minimum Gasteiger partial charge on any atom is -0.444 e. The summed E-state index contributed by atoms with van der Waals surface area (Å²) in [5, 5.41) is 9.15. The molecule has 0 aromatic carbocycles. The van der Waals surface area contributed by atoms with Crippen molar-refractivity contribution in [3.63, 3.8) is 0 Å². The maximum absolute atomic E-state index is 12.2. The van der Waals surface area contributed by atoms with Crippen LogP contribution in [0.4, 0.5) is 4.79 Å². The first-order valence-electron chi connectivity index (χ1n) is 7.00. The summed E-state index contributed by atoms with van der Waals surface area (Å²) in [6.07, 6.45) is -0.284. The molecule has 118 valence electrons. The van der Waals surface area contributed by atoms with Crippen LogP contribution >= 0.6 is 11.5 Å². The van der Waals surface area contributed by atoms with E-state index in [2.05, 4.69) is 14.9 Å². The van der Waals surface area contributed by atoms with E-state index in [1.165, 1.54) is 11.5 Å². The summed E-state index contributed by atoms with van der Waals surface area (Å²) in [7, 11) is 0. The predicted molar refractivity (Wildman–Crippen MR) is 79.2 cm³/mol. The van der Waals surface area contributed by atoms with E-state index >= 15 is 0 Å². The van der Waals surface area contributed by atoms with E-state index in [1.54, 1.807) is 4.90 Å². The fraction of sp³-hybridized carbons (Fsp3) is 0.769. The van der Waals surface area contributed by atoms with Gasteiger partial charge < -0.3 is 14.8 Å². The molecule has 1 aliphatic heterocycles. The second-order valence-corrected chi connectivity index (χ2v) is 6.54. The summed E-state index contributed by atoms with van der Waals surface area (Å²) in [4.78, 5) is 14.0. The smallest absolute Gasteiger partial charge is 0.410 e. The van der Waals surface area contributed by atoms with Crippen LogP contribution < -0.4 is 5.32 Å². The Morgan fingerprint density at radius 1 is 1.62 bits per heavy atom. The van der Waals surface area contributed by atoms with E-state index in [-0.39, 0.29) is 12.1 Å². The molecule has 0 bridgehead atoms. The number of morpholine rings is 1. The molecule has 1 atom stereocenters. The molecule has 1 aromatic heterocycles. The fourth-order valence-corrected chi connectivity index (χ4v) is 2.46. The van der Waals surface area contributed by atoms with Crippen LogP contribution in [0.25, 0.3) is 0 Å². The molecular weight excluding hydrogens is 292 g/mol. The third-order valence-electron chi connectivity index (χ3n) is 2.95. The van der Waals surface area contributed by atoms with Crippen LogP contribution in [-0.2, 0) is 16.0 Å². The lowest BCUT2D eigenvalue weighted by Gasteiger charge is -2.36. The molecule has 0 saturated carbocycles. The van der Waals surface area contributed by atoms with E-state index < -0.39 is 5.60 Å². The number of amides is 1. The van der Waals surface area contributed by atoms with Gasteiger partial charge in [0.1, 0.15) is 5.60 Å². The number of hydrogen-bond acceptors (Lipinski definition) is 7. The second-order valence-electron chi connectivity index (χ2n) is 5.93. The van der Waals surface area contributed by atoms with Crippen molar-refractivity contribution in [2.24, 2.45) is 0 Å². The number of nitrogens with zero attached hydrogens (tertiary/aromatic N) is 3. The van der Waals surface area contributed by atoms with E-state index in [9.17, 15) is 4.79 Å². The molecule has 2 rings (SSSR count). The molecule has 1 unspecified atom stereocenters. The van der Waals surface area contributed by atoms with Gasteiger partial charge in [-0.25, -0.2) is 4.79 Å². The van der Waals surface area contributed by atoms with E-state index in [1.807, 2.05) is 26.2 Å². The lowest BCUT2D eigenvalue weighted by molar-refractivity contribution is -0.0317. The first-order valence-corrected chi connectivity index (χ1v) is 7.83. The number of carbonyl (C=O) groups is 1. The van der Waals surface area contributed by atoms with E-state index in [0.29, 0.717) is 32.8 Å². The van der Waals surface area contributed by atoms with Crippen molar-refractivity contribution in [3.8, 4) is 0 Å². The number of hydrogen-bond donors (Lipinski definition) is 1. The molecule has 0 spiro atoms. The van der Waals surface area contributed by atoms with Gasteiger partial charge in [0, 0.05) is 25.0 Å². The van der Waals surface area contributed by atoms with Crippen LogP contribution in [0.3, 0.4) is 0 Å². The standard InChI is InChI=1S/C13H22N4O3S/c1-13(2,3)20-12(18)17-4-5-19-8-11(17)7-14-6-10-9-21-16-15-10/h9,11,14H,4-8H2,1-3H3. The summed E-state index contributed by atoms with van der Waals surface area (Å²) in [5.41, 5.74) is 0.417. The monoisotopic (exact) mass is 314 g/mol. The van der Waals surface area contributed by atoms with Crippen molar-refractivity contribution < 1.29 is 14.3 Å². The third-order valence-corrected chi connectivity index (χ3v) is 3.50. The van der Waals surface area contributed by atoms with Gasteiger partial charge in [-0.2, -0.15) is 0 Å². The Morgan fingerprint density at radius 2 is 2.43 bits per heavy atom. The van der Waals surface area contributed by atoms with E-state index in [0.717, 1.165) is 5.69 Å². The summed E-state index contributed by atoms with van der Waals surface area (Å²) in [6, 6.07) is -0.0276. The number of nitrogens with one attached hydrogen (secondary N) is 1. The third kappa shape index (κ3) is 5.22. The SMILES string of the molecule is CC(C)(C)OC(=O)N1CCOCC1CNCc1csnn1. The zero-order chi connectivity index (χ0) is 15.3. The van der Waals surface area contributed by atoms with Gasteiger partial charge >= 0.3 is 6.09 Å². The Morgan fingerprint density at radius 3 is 3.10 bits per heavy atom. The van der Waals surface area contributed by atoms with Crippen molar-refractivity contribution in [1.82, 2.24) is 19.8 Å². The molecule has 7 nitrogen and oxygen atoms in total. The number of ether oxygens (including phenoxy) is 2. The molecule has 1 N–H and O–H groups in total. The summed E-state index contributed by atoms with van der Waals surface area (Å²) >= 11 is 1.33. The molecule has 8 heteroatoms. The summed E-state index contributed by atoms with van der Waals surface area (Å²) < 4.78 is 14.7. The Bertz CT molecular complexity index is 447. The molecule has 0 radical (unpaired) electrons. The Hall–Kier alpha value is -1.25. The van der Waals surface area contributed by atoms with Gasteiger partial charge in [-0.05, 0) is 32.3 Å². The lowest BCUT2D eigenvalue weighted by atomic mass is 10.2. The maximum atomic E-state index is 12.2. The van der Waals surface area contributed by atoms with Gasteiger partial charge in [0.2, 0.25) is 0 Å². The van der Waals surface area contributed by atoms with Crippen LogP contribution in [0, 0.1) is 0 Å². The zero-order valence-electron chi connectivity index (χ0n) is 12.7. The Balaban J connectivity index is 1.84. The number of aromatic nitrogens is 2. The van der Waals surface area contributed by atoms with Gasteiger partial charge in [-0.3, -0.25) is 4.90 Å². The molecule has 1 fully saturated rings. The highest BCUT2D eigenvalue weighted by Gasteiger charge is 2.30. The first-order chi connectivity index (χ1) is 9.96. The fourth-order valence-electron chi connectivity index (χ4n) is 2.01. The molecule has 1 amide bonds. The summed E-state index contributed by atoms with van der Waals surface area (Å²) in [5.74, 6) is 0. The highest BCUT2D eigenvalue weighted by Crippen LogP contribution is 2.14. The Kier molecular flexibility index (Phi) is 5.49. The van der Waals surface area contributed by atoms with Gasteiger partial charge in [-0.15, -0.1) is 5.10 Å². The molecule has 1 aromatic rings. The van der Waals surface area contributed by atoms with Crippen LogP contribution in [0.15, 0.2) is 5.38 Å². The molecule has 1 aliphatic rings. The second kappa shape index (κ2) is 7.15. The minimum atomic E-state index is -0.486. The first kappa shape index (κ1) is 16.1. The highest BCUT2D eigenvalue weighted by atomic mass is 32.1.